The lowest BCUT2D eigenvalue weighted by Crippen LogP contribution is -2.31. The van der Waals surface area contributed by atoms with E-state index in [4.69, 9.17) is 4.74 Å². The summed E-state index contributed by atoms with van der Waals surface area (Å²) in [7, 11) is 0. The predicted octanol–water partition coefficient (Wildman–Crippen LogP) is 3.23. The Morgan fingerprint density at radius 2 is 1.82 bits per heavy atom. The van der Waals surface area contributed by atoms with Crippen LogP contribution in [0.1, 0.15) is 12.0 Å². The Labute approximate surface area is 132 Å². The van der Waals surface area contributed by atoms with Crippen LogP contribution in [0, 0.1) is 0 Å². The molecule has 0 aromatic heterocycles. The second-order valence-electron chi connectivity index (χ2n) is 4.94. The second-order valence-corrected chi connectivity index (χ2v) is 6.19. The minimum Gasteiger partial charge on any atom is -0.461 e. The fourth-order valence-electron chi connectivity index (χ4n) is 2.18. The van der Waals surface area contributed by atoms with Crippen LogP contribution < -0.4 is 5.32 Å². The molecule has 1 amide bonds. The number of thioether (sulfide) groups is 1. The first-order valence-electron chi connectivity index (χ1n) is 6.98. The standard InChI is InChI=1S/C17H15NO3S/c19-16(21-11-12-6-2-1-3-7-12)10-15-17(20)18-13-8-4-5-9-14(13)22-15/h1-9,15H,10-11H2,(H,18,20)/t15-/m1/s1. The van der Waals surface area contributed by atoms with Crippen molar-refractivity contribution in [3.8, 4) is 0 Å². The van der Waals surface area contributed by atoms with Gasteiger partial charge in [-0.15, -0.1) is 11.8 Å². The topological polar surface area (TPSA) is 55.4 Å². The van der Waals surface area contributed by atoms with Crippen LogP contribution in [0.15, 0.2) is 59.5 Å². The highest BCUT2D eigenvalue weighted by molar-refractivity contribution is 8.01. The van der Waals surface area contributed by atoms with Crippen LogP contribution in [0.25, 0.3) is 0 Å². The zero-order valence-corrected chi connectivity index (χ0v) is 12.6. The number of ether oxygens (including phenoxy) is 1. The molecule has 0 unspecified atom stereocenters. The normalized spacial score (nSPS) is 16.5. The number of anilines is 1. The largest absolute Gasteiger partial charge is 0.461 e. The highest BCUT2D eigenvalue weighted by Crippen LogP contribution is 2.36. The highest BCUT2D eigenvalue weighted by atomic mass is 32.2. The first-order valence-corrected chi connectivity index (χ1v) is 7.86. The van der Waals surface area contributed by atoms with Gasteiger partial charge in [-0.1, -0.05) is 42.5 Å². The van der Waals surface area contributed by atoms with Crippen molar-refractivity contribution in [3.63, 3.8) is 0 Å². The fraction of sp³-hybridized carbons (Fsp3) is 0.176. The van der Waals surface area contributed by atoms with Crippen LogP contribution in [0.2, 0.25) is 0 Å². The maximum atomic E-state index is 12.0. The van der Waals surface area contributed by atoms with Crippen LogP contribution in [-0.2, 0) is 20.9 Å². The zero-order chi connectivity index (χ0) is 15.4. The number of fused-ring (bicyclic) bond motifs is 1. The van der Waals surface area contributed by atoms with E-state index < -0.39 is 5.25 Å². The molecule has 2 aromatic rings. The Bertz CT molecular complexity index is 687. The summed E-state index contributed by atoms with van der Waals surface area (Å²) in [6.45, 7) is 0.231. The Morgan fingerprint density at radius 3 is 2.64 bits per heavy atom. The highest BCUT2D eigenvalue weighted by Gasteiger charge is 2.29. The van der Waals surface area contributed by atoms with Gasteiger partial charge in [0.1, 0.15) is 6.61 Å². The number of carbonyl (C=O) groups is 2. The molecule has 112 valence electrons. The maximum Gasteiger partial charge on any atom is 0.307 e. The molecule has 1 N–H and O–H groups in total. The van der Waals surface area contributed by atoms with Crippen molar-refractivity contribution < 1.29 is 14.3 Å². The van der Waals surface area contributed by atoms with E-state index in [9.17, 15) is 9.59 Å². The minimum absolute atomic E-state index is 0.0671. The molecule has 1 aliphatic heterocycles. The molecule has 0 radical (unpaired) electrons. The van der Waals surface area contributed by atoms with Gasteiger partial charge in [0, 0.05) is 4.90 Å². The van der Waals surface area contributed by atoms with Crippen molar-refractivity contribution in [2.24, 2.45) is 0 Å². The molecule has 0 bridgehead atoms. The Balaban J connectivity index is 1.57. The molecule has 0 fully saturated rings. The average Bonchev–Trinajstić information content (AvgIpc) is 2.55. The van der Waals surface area contributed by atoms with Crippen molar-refractivity contribution in [3.05, 3.63) is 60.2 Å². The smallest absolute Gasteiger partial charge is 0.307 e. The van der Waals surface area contributed by atoms with E-state index in [0.29, 0.717) is 0 Å². The second kappa shape index (κ2) is 6.66. The van der Waals surface area contributed by atoms with Crippen molar-refractivity contribution in [2.75, 3.05) is 5.32 Å². The van der Waals surface area contributed by atoms with Crippen molar-refractivity contribution in [1.82, 2.24) is 0 Å². The van der Waals surface area contributed by atoms with E-state index in [1.807, 2.05) is 54.6 Å². The Kier molecular flexibility index (Phi) is 4.44. The summed E-state index contributed by atoms with van der Waals surface area (Å²) in [6.07, 6.45) is 0.0671. The minimum atomic E-state index is -0.446. The summed E-state index contributed by atoms with van der Waals surface area (Å²) in [6, 6.07) is 17.0. The lowest BCUT2D eigenvalue weighted by Gasteiger charge is -2.23. The summed E-state index contributed by atoms with van der Waals surface area (Å²) in [5.74, 6) is -0.517. The summed E-state index contributed by atoms with van der Waals surface area (Å²) in [4.78, 5) is 24.9. The summed E-state index contributed by atoms with van der Waals surface area (Å²) >= 11 is 1.40. The monoisotopic (exact) mass is 313 g/mol. The number of amides is 1. The van der Waals surface area contributed by atoms with E-state index in [1.54, 1.807) is 0 Å². The van der Waals surface area contributed by atoms with Gasteiger partial charge in [0.25, 0.3) is 0 Å². The van der Waals surface area contributed by atoms with E-state index in [-0.39, 0.29) is 24.9 Å². The quantitative estimate of drug-likeness (QED) is 0.881. The summed E-state index contributed by atoms with van der Waals surface area (Å²) < 4.78 is 5.23. The SMILES string of the molecule is O=C(C[C@H]1Sc2ccccc2NC1=O)OCc1ccccc1. The molecular formula is C17H15NO3S. The van der Waals surface area contributed by atoms with Crippen LogP contribution in [-0.4, -0.2) is 17.1 Å². The first-order chi connectivity index (χ1) is 10.7. The lowest BCUT2D eigenvalue weighted by molar-refractivity contribution is -0.145. The summed E-state index contributed by atoms with van der Waals surface area (Å²) in [5.41, 5.74) is 1.73. The molecule has 0 saturated heterocycles. The van der Waals surface area contributed by atoms with E-state index >= 15 is 0 Å². The maximum absolute atomic E-state index is 12.0. The van der Waals surface area contributed by atoms with Crippen molar-refractivity contribution in [2.45, 2.75) is 23.2 Å². The molecule has 1 atom stereocenters. The molecule has 0 saturated carbocycles. The van der Waals surface area contributed by atoms with Gasteiger partial charge in [-0.2, -0.15) is 0 Å². The molecule has 4 nitrogen and oxygen atoms in total. The fourth-order valence-corrected chi connectivity index (χ4v) is 3.27. The van der Waals surface area contributed by atoms with Gasteiger partial charge >= 0.3 is 5.97 Å². The molecule has 3 rings (SSSR count). The van der Waals surface area contributed by atoms with Crippen LogP contribution >= 0.6 is 11.8 Å². The first kappa shape index (κ1) is 14.7. The molecular weight excluding hydrogens is 298 g/mol. The van der Waals surface area contributed by atoms with Gasteiger partial charge < -0.3 is 10.1 Å². The van der Waals surface area contributed by atoms with E-state index in [0.717, 1.165) is 16.1 Å². The number of para-hydroxylation sites is 1. The number of benzene rings is 2. The number of hydrogen-bond donors (Lipinski definition) is 1. The third-order valence-electron chi connectivity index (χ3n) is 3.30. The third kappa shape index (κ3) is 3.49. The predicted molar refractivity (Wildman–Crippen MR) is 85.6 cm³/mol. The Morgan fingerprint density at radius 1 is 1.09 bits per heavy atom. The molecule has 2 aromatic carbocycles. The Hall–Kier alpha value is -2.27. The molecule has 0 spiro atoms. The summed E-state index contributed by atoms with van der Waals surface area (Å²) in [5, 5.41) is 2.38. The number of carbonyl (C=O) groups excluding carboxylic acids is 2. The van der Waals surface area contributed by atoms with E-state index in [2.05, 4.69) is 5.32 Å². The van der Waals surface area contributed by atoms with Gasteiger partial charge in [-0.25, -0.2) is 0 Å². The molecule has 0 aliphatic carbocycles. The third-order valence-corrected chi connectivity index (χ3v) is 4.58. The number of rotatable bonds is 4. The molecule has 22 heavy (non-hydrogen) atoms. The van der Waals surface area contributed by atoms with Gasteiger partial charge in [-0.05, 0) is 17.7 Å². The van der Waals surface area contributed by atoms with Crippen LogP contribution in [0.4, 0.5) is 5.69 Å². The molecule has 5 heteroatoms. The van der Waals surface area contributed by atoms with Crippen LogP contribution in [0.5, 0.6) is 0 Å². The number of esters is 1. The van der Waals surface area contributed by atoms with Gasteiger partial charge in [0.05, 0.1) is 17.4 Å². The van der Waals surface area contributed by atoms with Crippen molar-refractivity contribution in [1.29, 1.82) is 0 Å². The van der Waals surface area contributed by atoms with Crippen LogP contribution in [0.3, 0.4) is 0 Å². The average molecular weight is 313 g/mol. The van der Waals surface area contributed by atoms with Gasteiger partial charge in [0.15, 0.2) is 0 Å². The molecule has 1 heterocycles. The number of nitrogens with one attached hydrogen (secondary N) is 1. The van der Waals surface area contributed by atoms with Crippen molar-refractivity contribution >= 4 is 29.3 Å². The number of hydrogen-bond acceptors (Lipinski definition) is 4. The van der Waals surface area contributed by atoms with Gasteiger partial charge in [-0.3, -0.25) is 9.59 Å². The zero-order valence-electron chi connectivity index (χ0n) is 11.8. The van der Waals surface area contributed by atoms with E-state index in [1.165, 1.54) is 11.8 Å². The lowest BCUT2D eigenvalue weighted by atomic mass is 10.2. The molecule has 1 aliphatic rings. The van der Waals surface area contributed by atoms with Gasteiger partial charge in [0.2, 0.25) is 5.91 Å².